The molecule has 0 saturated heterocycles. The van der Waals surface area contributed by atoms with Crippen molar-refractivity contribution in [3.05, 3.63) is 17.2 Å². The van der Waals surface area contributed by atoms with Gasteiger partial charge in [-0.2, -0.15) is 0 Å². The molecule has 0 aromatic carbocycles. The Morgan fingerprint density at radius 1 is 1.53 bits per heavy atom. The molecule has 2 rings (SSSR count). The molecule has 1 saturated carbocycles. The van der Waals surface area contributed by atoms with E-state index in [-0.39, 0.29) is 6.42 Å². The zero-order valence-electron chi connectivity index (χ0n) is 8.92. The number of rotatable bonds is 3. The van der Waals surface area contributed by atoms with Crippen molar-refractivity contribution < 1.29 is 9.90 Å². The molecular weight excluding hydrogens is 192 g/mol. The molecule has 1 aromatic heterocycles. The van der Waals surface area contributed by atoms with Crippen LogP contribution in [0.3, 0.4) is 0 Å². The average molecular weight is 208 g/mol. The van der Waals surface area contributed by atoms with E-state index in [9.17, 15) is 4.79 Å². The minimum Gasteiger partial charge on any atom is -0.481 e. The number of nitrogens with zero attached hydrogens (tertiary/aromatic N) is 1. The summed E-state index contributed by atoms with van der Waals surface area (Å²) in [6.45, 7) is 1.98. The van der Waals surface area contributed by atoms with Gasteiger partial charge in [-0.1, -0.05) is 12.8 Å². The minimum absolute atomic E-state index is 0.00639. The maximum atomic E-state index is 10.6. The fourth-order valence-corrected chi connectivity index (χ4v) is 2.36. The zero-order chi connectivity index (χ0) is 10.8. The second-order valence-electron chi connectivity index (χ2n) is 4.25. The van der Waals surface area contributed by atoms with Gasteiger partial charge in [-0.15, -0.1) is 0 Å². The monoisotopic (exact) mass is 208 g/mol. The van der Waals surface area contributed by atoms with E-state index in [1.54, 1.807) is 0 Å². The van der Waals surface area contributed by atoms with Crippen LogP contribution in [0.1, 0.15) is 48.8 Å². The summed E-state index contributed by atoms with van der Waals surface area (Å²) in [4.78, 5) is 18.0. The minimum atomic E-state index is -0.832. The topological polar surface area (TPSA) is 66.0 Å². The largest absolute Gasteiger partial charge is 0.481 e. The van der Waals surface area contributed by atoms with Gasteiger partial charge in [0.1, 0.15) is 12.2 Å². The number of hydrogen-bond acceptors (Lipinski definition) is 2. The Hall–Kier alpha value is -1.32. The number of aryl methyl sites for hydroxylation is 1. The number of hydrogen-bond donors (Lipinski definition) is 2. The van der Waals surface area contributed by atoms with Crippen molar-refractivity contribution in [3.8, 4) is 0 Å². The quantitative estimate of drug-likeness (QED) is 0.798. The summed E-state index contributed by atoms with van der Waals surface area (Å²) in [6, 6.07) is 0. The van der Waals surface area contributed by atoms with Crippen molar-refractivity contribution in [2.75, 3.05) is 0 Å². The van der Waals surface area contributed by atoms with Gasteiger partial charge >= 0.3 is 5.97 Å². The molecule has 0 aliphatic heterocycles. The van der Waals surface area contributed by atoms with Crippen LogP contribution in [0, 0.1) is 6.92 Å². The fourth-order valence-electron chi connectivity index (χ4n) is 2.36. The van der Waals surface area contributed by atoms with E-state index in [1.807, 2.05) is 6.92 Å². The first-order valence-electron chi connectivity index (χ1n) is 5.44. The second kappa shape index (κ2) is 4.04. The molecule has 2 N–H and O–H groups in total. The summed E-state index contributed by atoms with van der Waals surface area (Å²) < 4.78 is 0. The van der Waals surface area contributed by atoms with Gasteiger partial charge in [-0.25, -0.2) is 4.98 Å². The maximum Gasteiger partial charge on any atom is 0.311 e. The van der Waals surface area contributed by atoms with Crippen LogP contribution < -0.4 is 0 Å². The molecule has 0 unspecified atom stereocenters. The number of imidazole rings is 1. The van der Waals surface area contributed by atoms with Gasteiger partial charge in [0.25, 0.3) is 0 Å². The van der Waals surface area contributed by atoms with Crippen LogP contribution in [0.5, 0.6) is 0 Å². The summed E-state index contributed by atoms with van der Waals surface area (Å²) >= 11 is 0. The van der Waals surface area contributed by atoms with E-state index < -0.39 is 5.97 Å². The van der Waals surface area contributed by atoms with E-state index in [0.717, 1.165) is 11.4 Å². The molecule has 1 aromatic rings. The number of carboxylic acid groups (broad SMARTS) is 1. The Kier molecular flexibility index (Phi) is 2.75. The number of nitrogens with one attached hydrogen (secondary N) is 1. The number of carboxylic acids is 1. The molecule has 1 aliphatic rings. The lowest BCUT2D eigenvalue weighted by Gasteiger charge is -2.05. The van der Waals surface area contributed by atoms with Crippen LogP contribution in [0.2, 0.25) is 0 Å². The first kappa shape index (κ1) is 10.2. The molecular formula is C11H16N2O2. The van der Waals surface area contributed by atoms with Gasteiger partial charge in [0.05, 0.1) is 5.69 Å². The van der Waals surface area contributed by atoms with Crippen LogP contribution in [0.15, 0.2) is 0 Å². The summed E-state index contributed by atoms with van der Waals surface area (Å²) in [6.07, 6.45) is 4.92. The molecule has 1 aliphatic carbocycles. The molecule has 0 amide bonds. The Balaban J connectivity index is 2.17. The first-order valence-corrected chi connectivity index (χ1v) is 5.44. The van der Waals surface area contributed by atoms with Crippen LogP contribution >= 0.6 is 0 Å². The van der Waals surface area contributed by atoms with Crippen LogP contribution in [-0.2, 0) is 11.2 Å². The van der Waals surface area contributed by atoms with Crippen molar-refractivity contribution in [1.29, 1.82) is 0 Å². The Labute approximate surface area is 88.7 Å². The highest BCUT2D eigenvalue weighted by Crippen LogP contribution is 2.34. The summed E-state index contributed by atoms with van der Waals surface area (Å²) in [5, 5.41) is 8.67. The zero-order valence-corrected chi connectivity index (χ0v) is 8.92. The van der Waals surface area contributed by atoms with Crippen molar-refractivity contribution in [1.82, 2.24) is 9.97 Å². The summed E-state index contributed by atoms with van der Waals surface area (Å²) in [5.41, 5.74) is 2.13. The van der Waals surface area contributed by atoms with Crippen molar-refractivity contribution in [2.24, 2.45) is 0 Å². The normalized spacial score (nSPS) is 17.1. The predicted molar refractivity (Wildman–Crippen MR) is 55.9 cm³/mol. The SMILES string of the molecule is Cc1[nH]c(CC(=O)O)nc1C1CCCC1. The van der Waals surface area contributed by atoms with Gasteiger partial charge in [-0.3, -0.25) is 4.79 Å². The maximum absolute atomic E-state index is 10.6. The molecule has 15 heavy (non-hydrogen) atoms. The fraction of sp³-hybridized carbons (Fsp3) is 0.636. The highest BCUT2D eigenvalue weighted by Gasteiger charge is 2.22. The average Bonchev–Trinajstić information content (AvgIpc) is 2.72. The Morgan fingerprint density at radius 2 is 2.20 bits per heavy atom. The van der Waals surface area contributed by atoms with Gasteiger partial charge in [0, 0.05) is 11.6 Å². The number of aliphatic carboxylic acids is 1. The Morgan fingerprint density at radius 3 is 2.80 bits per heavy atom. The van der Waals surface area contributed by atoms with Crippen LogP contribution in [-0.4, -0.2) is 21.0 Å². The van der Waals surface area contributed by atoms with Gasteiger partial charge in [-0.05, 0) is 19.8 Å². The number of carbonyl (C=O) groups is 1. The smallest absolute Gasteiger partial charge is 0.311 e. The number of aromatic nitrogens is 2. The van der Waals surface area contributed by atoms with E-state index in [0.29, 0.717) is 11.7 Å². The molecule has 4 nitrogen and oxygen atoms in total. The van der Waals surface area contributed by atoms with Crippen LogP contribution in [0.4, 0.5) is 0 Å². The Bertz CT molecular complexity index is 365. The predicted octanol–water partition coefficient (Wildman–Crippen LogP) is 2.00. The molecule has 1 heterocycles. The lowest BCUT2D eigenvalue weighted by molar-refractivity contribution is -0.136. The lowest BCUT2D eigenvalue weighted by atomic mass is 10.0. The van der Waals surface area contributed by atoms with E-state index in [2.05, 4.69) is 9.97 Å². The van der Waals surface area contributed by atoms with Gasteiger partial charge < -0.3 is 10.1 Å². The standard InChI is InChI=1S/C11H16N2O2/c1-7-11(8-4-2-3-5-8)13-9(12-7)6-10(14)15/h8H,2-6H2,1H3,(H,12,13)(H,14,15). The third-order valence-corrected chi connectivity index (χ3v) is 3.03. The third kappa shape index (κ3) is 2.19. The number of H-pyrrole nitrogens is 1. The van der Waals surface area contributed by atoms with E-state index in [1.165, 1.54) is 25.7 Å². The van der Waals surface area contributed by atoms with Crippen LogP contribution in [0.25, 0.3) is 0 Å². The van der Waals surface area contributed by atoms with E-state index >= 15 is 0 Å². The number of aromatic amines is 1. The third-order valence-electron chi connectivity index (χ3n) is 3.03. The molecule has 0 atom stereocenters. The molecule has 0 bridgehead atoms. The summed E-state index contributed by atoms with van der Waals surface area (Å²) in [7, 11) is 0. The molecule has 0 radical (unpaired) electrons. The molecule has 82 valence electrons. The lowest BCUT2D eigenvalue weighted by Crippen LogP contribution is -2.02. The molecule has 1 fully saturated rings. The van der Waals surface area contributed by atoms with Crippen molar-refractivity contribution in [2.45, 2.75) is 44.9 Å². The second-order valence-corrected chi connectivity index (χ2v) is 4.25. The van der Waals surface area contributed by atoms with Crippen molar-refractivity contribution >= 4 is 5.97 Å². The van der Waals surface area contributed by atoms with Gasteiger partial charge in [0.15, 0.2) is 0 Å². The van der Waals surface area contributed by atoms with Gasteiger partial charge in [0.2, 0.25) is 0 Å². The van der Waals surface area contributed by atoms with Crippen molar-refractivity contribution in [3.63, 3.8) is 0 Å². The molecule has 0 spiro atoms. The molecule has 4 heteroatoms. The first-order chi connectivity index (χ1) is 7.16. The summed E-state index contributed by atoms with van der Waals surface area (Å²) in [5.74, 6) is 0.299. The van der Waals surface area contributed by atoms with E-state index in [4.69, 9.17) is 5.11 Å². The highest BCUT2D eigenvalue weighted by atomic mass is 16.4. The highest BCUT2D eigenvalue weighted by molar-refractivity contribution is 5.69.